The fourth-order valence-electron chi connectivity index (χ4n) is 3.47. The molecular formula is C13H22N4O2S. The Morgan fingerprint density at radius 3 is 2.70 bits per heavy atom. The molecule has 7 heteroatoms. The fourth-order valence-corrected chi connectivity index (χ4v) is 5.27. The number of rotatable bonds is 2. The molecule has 0 radical (unpaired) electrons. The summed E-state index contributed by atoms with van der Waals surface area (Å²) in [5.74, 6) is 0. The highest BCUT2D eigenvalue weighted by molar-refractivity contribution is 7.89. The van der Waals surface area contributed by atoms with Crippen LogP contribution in [0.5, 0.6) is 0 Å². The molecule has 1 aromatic rings. The van der Waals surface area contributed by atoms with E-state index in [1.165, 1.54) is 6.42 Å². The maximum absolute atomic E-state index is 12.9. The van der Waals surface area contributed by atoms with Crippen LogP contribution in [-0.4, -0.2) is 47.4 Å². The smallest absolute Gasteiger partial charge is 0.262 e. The van der Waals surface area contributed by atoms with Crippen molar-refractivity contribution in [3.63, 3.8) is 0 Å². The van der Waals surface area contributed by atoms with Gasteiger partial charge in [0.15, 0.2) is 5.03 Å². The molecule has 0 amide bonds. The molecule has 1 spiro atoms. The Morgan fingerprint density at radius 1 is 1.30 bits per heavy atom. The van der Waals surface area contributed by atoms with Crippen LogP contribution in [-0.2, 0) is 17.1 Å². The topological polar surface area (TPSA) is 67.2 Å². The SMILES string of the molecule is Cn1cnc(S(=O)(=O)N2CCNCC23CCCCC3)c1. The summed E-state index contributed by atoms with van der Waals surface area (Å²) < 4.78 is 29.2. The van der Waals surface area contributed by atoms with Crippen LogP contribution in [0.25, 0.3) is 0 Å². The number of hydrogen-bond acceptors (Lipinski definition) is 4. The van der Waals surface area contributed by atoms with E-state index in [2.05, 4.69) is 10.3 Å². The molecule has 2 fully saturated rings. The lowest BCUT2D eigenvalue weighted by Gasteiger charge is -2.48. The van der Waals surface area contributed by atoms with Crippen molar-refractivity contribution in [3.05, 3.63) is 12.5 Å². The van der Waals surface area contributed by atoms with Crippen molar-refractivity contribution in [2.75, 3.05) is 19.6 Å². The van der Waals surface area contributed by atoms with E-state index in [-0.39, 0.29) is 10.6 Å². The minimum atomic E-state index is -3.49. The van der Waals surface area contributed by atoms with Gasteiger partial charge < -0.3 is 9.88 Å². The van der Waals surface area contributed by atoms with Gasteiger partial charge in [-0.05, 0) is 12.8 Å². The van der Waals surface area contributed by atoms with Crippen LogP contribution < -0.4 is 5.32 Å². The summed E-state index contributed by atoms with van der Waals surface area (Å²) in [4.78, 5) is 4.05. The molecular weight excluding hydrogens is 276 g/mol. The van der Waals surface area contributed by atoms with Gasteiger partial charge in [-0.3, -0.25) is 0 Å². The Bertz CT molecular complexity index is 567. The molecule has 6 nitrogen and oxygen atoms in total. The minimum Gasteiger partial charge on any atom is -0.339 e. The second kappa shape index (κ2) is 5.13. The Hall–Kier alpha value is -0.920. The van der Waals surface area contributed by atoms with Gasteiger partial charge in [-0.2, -0.15) is 4.31 Å². The largest absolute Gasteiger partial charge is 0.339 e. The average molecular weight is 298 g/mol. The third-order valence-corrected chi connectivity index (χ3v) is 6.38. The van der Waals surface area contributed by atoms with Crippen LogP contribution in [0.15, 0.2) is 17.6 Å². The minimum absolute atomic E-state index is 0.173. The molecule has 0 bridgehead atoms. The first-order chi connectivity index (χ1) is 9.55. The zero-order chi connectivity index (χ0) is 14.2. The monoisotopic (exact) mass is 298 g/mol. The number of hydrogen-bond donors (Lipinski definition) is 1. The second-order valence-electron chi connectivity index (χ2n) is 5.92. The molecule has 0 aromatic carbocycles. The van der Waals surface area contributed by atoms with Crippen molar-refractivity contribution in [1.82, 2.24) is 19.2 Å². The third-order valence-electron chi connectivity index (χ3n) is 4.49. The third kappa shape index (κ3) is 2.27. The van der Waals surface area contributed by atoms with Crippen LogP contribution in [0, 0.1) is 0 Å². The fraction of sp³-hybridized carbons (Fsp3) is 0.769. The maximum Gasteiger partial charge on any atom is 0.262 e. The number of aryl methyl sites for hydroxylation is 1. The van der Waals surface area contributed by atoms with Crippen LogP contribution >= 0.6 is 0 Å². The van der Waals surface area contributed by atoms with Crippen molar-refractivity contribution in [2.24, 2.45) is 7.05 Å². The summed E-state index contributed by atoms with van der Waals surface area (Å²) in [7, 11) is -1.70. The van der Waals surface area contributed by atoms with Gasteiger partial charge in [-0.1, -0.05) is 19.3 Å². The van der Waals surface area contributed by atoms with Gasteiger partial charge in [-0.25, -0.2) is 13.4 Å². The van der Waals surface area contributed by atoms with E-state index in [1.807, 2.05) is 0 Å². The molecule has 1 aliphatic heterocycles. The van der Waals surface area contributed by atoms with Gasteiger partial charge in [0, 0.05) is 38.4 Å². The summed E-state index contributed by atoms with van der Waals surface area (Å²) in [6.45, 7) is 2.02. The lowest BCUT2D eigenvalue weighted by Crippen LogP contribution is -2.63. The quantitative estimate of drug-likeness (QED) is 0.873. The zero-order valence-corrected chi connectivity index (χ0v) is 12.7. The van der Waals surface area contributed by atoms with Crippen molar-refractivity contribution >= 4 is 10.0 Å². The molecule has 1 aliphatic carbocycles. The number of nitrogens with zero attached hydrogens (tertiary/aromatic N) is 3. The molecule has 20 heavy (non-hydrogen) atoms. The molecule has 1 aromatic heterocycles. The summed E-state index contributed by atoms with van der Waals surface area (Å²) >= 11 is 0. The number of imidazole rings is 1. The first kappa shape index (κ1) is 14.0. The summed E-state index contributed by atoms with van der Waals surface area (Å²) in [6.07, 6.45) is 8.46. The molecule has 1 N–H and O–H groups in total. The average Bonchev–Trinajstić information content (AvgIpc) is 2.87. The first-order valence-corrected chi connectivity index (χ1v) is 8.70. The van der Waals surface area contributed by atoms with Gasteiger partial charge in [0.1, 0.15) is 0 Å². The van der Waals surface area contributed by atoms with E-state index >= 15 is 0 Å². The van der Waals surface area contributed by atoms with Crippen LogP contribution in [0.3, 0.4) is 0 Å². The highest BCUT2D eigenvalue weighted by Crippen LogP contribution is 2.37. The highest BCUT2D eigenvalue weighted by Gasteiger charge is 2.46. The normalized spacial score (nSPS) is 24.1. The van der Waals surface area contributed by atoms with Gasteiger partial charge in [0.2, 0.25) is 0 Å². The molecule has 2 heterocycles. The van der Waals surface area contributed by atoms with Crippen molar-refractivity contribution in [3.8, 4) is 0 Å². The van der Waals surface area contributed by atoms with Gasteiger partial charge >= 0.3 is 0 Å². The van der Waals surface area contributed by atoms with E-state index in [1.54, 1.807) is 28.4 Å². The van der Waals surface area contributed by atoms with Crippen molar-refractivity contribution < 1.29 is 8.42 Å². The van der Waals surface area contributed by atoms with Crippen molar-refractivity contribution in [2.45, 2.75) is 42.7 Å². The first-order valence-electron chi connectivity index (χ1n) is 7.26. The molecule has 0 unspecified atom stereocenters. The van der Waals surface area contributed by atoms with Gasteiger partial charge in [-0.15, -0.1) is 0 Å². The predicted octanol–water partition coefficient (Wildman–Crippen LogP) is 0.717. The van der Waals surface area contributed by atoms with E-state index in [9.17, 15) is 8.42 Å². The van der Waals surface area contributed by atoms with Crippen LogP contribution in [0.1, 0.15) is 32.1 Å². The van der Waals surface area contributed by atoms with E-state index in [0.29, 0.717) is 13.1 Å². The Labute approximate surface area is 120 Å². The number of sulfonamides is 1. The molecule has 3 rings (SSSR count). The van der Waals surface area contributed by atoms with E-state index in [4.69, 9.17) is 0 Å². The van der Waals surface area contributed by atoms with Crippen LogP contribution in [0.4, 0.5) is 0 Å². The van der Waals surface area contributed by atoms with Gasteiger partial charge in [0.05, 0.1) is 6.33 Å². The Morgan fingerprint density at radius 2 is 2.05 bits per heavy atom. The van der Waals surface area contributed by atoms with Gasteiger partial charge in [0.25, 0.3) is 10.0 Å². The van der Waals surface area contributed by atoms with Crippen molar-refractivity contribution in [1.29, 1.82) is 0 Å². The molecule has 2 aliphatic rings. The second-order valence-corrected chi connectivity index (χ2v) is 7.73. The predicted molar refractivity (Wildman–Crippen MR) is 75.8 cm³/mol. The summed E-state index contributed by atoms with van der Waals surface area (Å²) in [6, 6.07) is 0. The lowest BCUT2D eigenvalue weighted by atomic mass is 9.80. The standard InChI is InChI=1S/C13H22N4O2S/c1-16-9-12(15-11-16)20(18,19)17-8-7-14-10-13(17)5-3-2-4-6-13/h9,11,14H,2-8,10H2,1H3. The Balaban J connectivity index is 1.97. The molecule has 112 valence electrons. The van der Waals surface area contributed by atoms with E-state index in [0.717, 1.165) is 32.2 Å². The number of piperazine rings is 1. The number of nitrogens with one attached hydrogen (secondary N) is 1. The molecule has 1 saturated heterocycles. The Kier molecular flexibility index (Phi) is 3.60. The number of aromatic nitrogens is 2. The van der Waals surface area contributed by atoms with Crippen LogP contribution in [0.2, 0.25) is 0 Å². The zero-order valence-electron chi connectivity index (χ0n) is 11.9. The van der Waals surface area contributed by atoms with E-state index < -0.39 is 10.0 Å². The molecule has 0 atom stereocenters. The maximum atomic E-state index is 12.9. The molecule has 1 saturated carbocycles. The summed E-state index contributed by atoms with van der Waals surface area (Å²) in [5, 5.41) is 3.55. The lowest BCUT2D eigenvalue weighted by molar-refractivity contribution is 0.101. The highest BCUT2D eigenvalue weighted by atomic mass is 32.2. The summed E-state index contributed by atoms with van der Waals surface area (Å²) in [5.41, 5.74) is -0.243.